The number of hydrogen-bond donors (Lipinski definition) is 0. The van der Waals surface area contributed by atoms with E-state index in [0.29, 0.717) is 22.4 Å². The molecule has 2 aromatic heterocycles. The predicted octanol–water partition coefficient (Wildman–Crippen LogP) is 4.55. The Morgan fingerprint density at radius 1 is 1.22 bits per heavy atom. The second-order valence-electron chi connectivity index (χ2n) is 4.54. The van der Waals surface area contributed by atoms with E-state index in [1.54, 1.807) is 37.7 Å². The van der Waals surface area contributed by atoms with E-state index in [-0.39, 0.29) is 5.89 Å². The zero-order valence-corrected chi connectivity index (χ0v) is 14.0. The average Bonchev–Trinajstić information content (AvgIpc) is 3.25. The van der Waals surface area contributed by atoms with Gasteiger partial charge >= 0.3 is 0 Å². The molecule has 2 heterocycles. The Balaban J connectivity index is 1.88. The minimum atomic E-state index is 0.266. The van der Waals surface area contributed by atoms with E-state index in [1.165, 1.54) is 0 Å². The van der Waals surface area contributed by atoms with Gasteiger partial charge in [-0.25, -0.2) is 0 Å². The maximum absolute atomic E-state index is 6.28. The van der Waals surface area contributed by atoms with Crippen LogP contribution in [0.4, 0.5) is 0 Å². The summed E-state index contributed by atoms with van der Waals surface area (Å²) < 4.78 is 15.7. The third-order valence-electron chi connectivity index (χ3n) is 3.11. The van der Waals surface area contributed by atoms with Crippen molar-refractivity contribution in [2.45, 2.75) is 0 Å². The Labute approximate surface area is 142 Å². The molecular formula is C16H13ClN2O3S. The topological polar surface area (TPSA) is 57.4 Å². The lowest BCUT2D eigenvalue weighted by atomic mass is 10.2. The normalized spacial score (nSPS) is 11.5. The summed E-state index contributed by atoms with van der Waals surface area (Å²) in [5, 5.41) is 8.18. The van der Waals surface area contributed by atoms with Gasteiger partial charge in [-0.3, -0.25) is 0 Å². The number of thiophene rings is 1. The molecule has 0 aliphatic carbocycles. The van der Waals surface area contributed by atoms with Crippen LogP contribution in [0.25, 0.3) is 22.5 Å². The minimum absolute atomic E-state index is 0.266. The second kappa shape index (κ2) is 6.85. The largest absolute Gasteiger partial charge is 0.493 e. The number of ether oxygens (including phenoxy) is 2. The van der Waals surface area contributed by atoms with Crippen molar-refractivity contribution in [3.05, 3.63) is 46.5 Å². The Kier molecular flexibility index (Phi) is 4.64. The molecule has 0 saturated heterocycles. The molecule has 5 nitrogen and oxygen atoms in total. The van der Waals surface area contributed by atoms with Gasteiger partial charge in [-0.15, -0.1) is 0 Å². The summed E-state index contributed by atoms with van der Waals surface area (Å²) in [6, 6.07) is 7.40. The first-order chi connectivity index (χ1) is 11.2. The number of nitrogens with zero attached hydrogens (tertiary/aromatic N) is 2. The van der Waals surface area contributed by atoms with Gasteiger partial charge in [-0.2, -0.15) is 16.3 Å². The second-order valence-corrected chi connectivity index (χ2v) is 5.73. The lowest BCUT2D eigenvalue weighted by Gasteiger charge is -2.07. The first kappa shape index (κ1) is 15.6. The molecule has 23 heavy (non-hydrogen) atoms. The van der Waals surface area contributed by atoms with Crippen LogP contribution in [0.1, 0.15) is 11.5 Å². The van der Waals surface area contributed by atoms with Crippen molar-refractivity contribution in [2.75, 3.05) is 14.2 Å². The molecule has 0 bridgehead atoms. The highest BCUT2D eigenvalue weighted by Gasteiger charge is 2.12. The predicted molar refractivity (Wildman–Crippen MR) is 90.9 cm³/mol. The van der Waals surface area contributed by atoms with Crippen LogP contribution in [0.5, 0.6) is 11.5 Å². The summed E-state index contributed by atoms with van der Waals surface area (Å²) in [5.74, 6) is 2.05. The minimum Gasteiger partial charge on any atom is -0.493 e. The zero-order chi connectivity index (χ0) is 16.2. The average molecular weight is 349 g/mol. The van der Waals surface area contributed by atoms with Gasteiger partial charge < -0.3 is 14.0 Å². The van der Waals surface area contributed by atoms with Crippen LogP contribution in [0, 0.1) is 0 Å². The van der Waals surface area contributed by atoms with Gasteiger partial charge in [0, 0.05) is 10.9 Å². The van der Waals surface area contributed by atoms with E-state index in [9.17, 15) is 0 Å². The third kappa shape index (κ3) is 3.38. The molecular weight excluding hydrogens is 336 g/mol. The SMILES string of the molecule is COc1ccc(C=C(Cl)c2nc(-c3ccsc3)no2)cc1OC. The molecule has 0 N–H and O–H groups in total. The fraction of sp³-hybridized carbons (Fsp3) is 0.125. The lowest BCUT2D eigenvalue weighted by Crippen LogP contribution is -1.90. The number of methoxy groups -OCH3 is 2. The van der Waals surface area contributed by atoms with E-state index < -0.39 is 0 Å². The van der Waals surface area contributed by atoms with E-state index in [2.05, 4.69) is 10.1 Å². The van der Waals surface area contributed by atoms with Crippen LogP contribution in [-0.4, -0.2) is 24.4 Å². The maximum Gasteiger partial charge on any atom is 0.269 e. The van der Waals surface area contributed by atoms with Crippen LogP contribution in [-0.2, 0) is 0 Å². The highest BCUT2D eigenvalue weighted by Crippen LogP contribution is 2.30. The fourth-order valence-corrected chi connectivity index (χ4v) is 2.82. The molecule has 0 fully saturated rings. The van der Waals surface area contributed by atoms with Crippen molar-refractivity contribution in [2.24, 2.45) is 0 Å². The molecule has 7 heteroatoms. The van der Waals surface area contributed by atoms with Crippen molar-refractivity contribution in [3.8, 4) is 22.9 Å². The summed E-state index contributed by atoms with van der Waals surface area (Å²) in [6.07, 6.45) is 1.73. The van der Waals surface area contributed by atoms with Gasteiger partial charge in [0.25, 0.3) is 5.89 Å². The smallest absolute Gasteiger partial charge is 0.269 e. The van der Waals surface area contributed by atoms with Crippen LogP contribution < -0.4 is 9.47 Å². The molecule has 0 spiro atoms. The molecule has 0 atom stereocenters. The quantitative estimate of drug-likeness (QED) is 0.676. The number of hydrogen-bond acceptors (Lipinski definition) is 6. The summed E-state index contributed by atoms with van der Waals surface area (Å²) in [6.45, 7) is 0. The first-order valence-corrected chi connectivity index (χ1v) is 7.99. The van der Waals surface area contributed by atoms with Gasteiger partial charge in [-0.05, 0) is 35.2 Å². The molecule has 3 rings (SSSR count). The summed E-state index contributed by atoms with van der Waals surface area (Å²) >= 11 is 7.85. The van der Waals surface area contributed by atoms with Crippen molar-refractivity contribution in [3.63, 3.8) is 0 Å². The molecule has 0 aliphatic rings. The van der Waals surface area contributed by atoms with E-state index in [1.807, 2.05) is 29.0 Å². The Hall–Kier alpha value is -2.31. The molecule has 0 aliphatic heterocycles. The number of benzene rings is 1. The van der Waals surface area contributed by atoms with Crippen LogP contribution >= 0.6 is 22.9 Å². The van der Waals surface area contributed by atoms with Gasteiger partial charge in [0.1, 0.15) is 5.03 Å². The first-order valence-electron chi connectivity index (χ1n) is 6.67. The third-order valence-corrected chi connectivity index (χ3v) is 4.06. The molecule has 0 unspecified atom stereocenters. The molecule has 0 saturated carbocycles. The molecule has 0 radical (unpaired) electrons. The van der Waals surface area contributed by atoms with E-state index in [4.69, 9.17) is 25.6 Å². The molecule has 118 valence electrons. The summed E-state index contributed by atoms with van der Waals surface area (Å²) in [4.78, 5) is 4.30. The highest BCUT2D eigenvalue weighted by molar-refractivity contribution is 7.08. The summed E-state index contributed by atoms with van der Waals surface area (Å²) in [7, 11) is 3.17. The standard InChI is InChI=1S/C16H13ClN2O3S/c1-20-13-4-3-10(8-14(13)21-2)7-12(17)16-18-15(19-22-16)11-5-6-23-9-11/h3-9H,1-2H3. The lowest BCUT2D eigenvalue weighted by molar-refractivity contribution is 0.355. The maximum atomic E-state index is 6.28. The molecule has 0 amide bonds. The van der Waals surface area contributed by atoms with Gasteiger partial charge in [0.2, 0.25) is 5.82 Å². The zero-order valence-electron chi connectivity index (χ0n) is 12.4. The van der Waals surface area contributed by atoms with Crippen molar-refractivity contribution in [1.29, 1.82) is 0 Å². The van der Waals surface area contributed by atoms with Crippen molar-refractivity contribution >= 4 is 34.0 Å². The monoisotopic (exact) mass is 348 g/mol. The van der Waals surface area contributed by atoms with E-state index >= 15 is 0 Å². The van der Waals surface area contributed by atoms with Gasteiger partial charge in [0.05, 0.1) is 14.2 Å². The number of rotatable bonds is 5. The Bertz CT molecular complexity index is 828. The van der Waals surface area contributed by atoms with Crippen LogP contribution in [0.15, 0.2) is 39.5 Å². The Morgan fingerprint density at radius 2 is 2.04 bits per heavy atom. The summed E-state index contributed by atoms with van der Waals surface area (Å²) in [5.41, 5.74) is 1.74. The van der Waals surface area contributed by atoms with Crippen LogP contribution in [0.3, 0.4) is 0 Å². The van der Waals surface area contributed by atoms with Crippen molar-refractivity contribution < 1.29 is 14.0 Å². The number of aromatic nitrogens is 2. The highest BCUT2D eigenvalue weighted by atomic mass is 35.5. The van der Waals surface area contributed by atoms with Crippen molar-refractivity contribution in [1.82, 2.24) is 10.1 Å². The van der Waals surface area contributed by atoms with Crippen LogP contribution in [0.2, 0.25) is 0 Å². The molecule has 1 aromatic carbocycles. The van der Waals surface area contributed by atoms with E-state index in [0.717, 1.165) is 11.1 Å². The Morgan fingerprint density at radius 3 is 2.74 bits per heavy atom. The van der Waals surface area contributed by atoms with Gasteiger partial charge in [-0.1, -0.05) is 22.8 Å². The number of halogens is 1. The molecule has 3 aromatic rings. The fourth-order valence-electron chi connectivity index (χ4n) is 1.98. The van der Waals surface area contributed by atoms with Gasteiger partial charge in [0.15, 0.2) is 11.5 Å².